The number of likely N-dealkylation sites (tertiary alicyclic amines) is 1. The Labute approximate surface area is 158 Å². The standard InChI is InChI=1S/C20H23FN4O2/c1-24(2)20(27)18-11-15(22-13-23-18)10-14-6-5-9-25(12-14)19(26)16-7-3-4-8-17(16)21/h3-4,7-8,11,13-14H,5-6,9-10,12H2,1-2H3/t14-/m0/s1. The highest BCUT2D eigenvalue weighted by Crippen LogP contribution is 2.22. The fourth-order valence-electron chi connectivity index (χ4n) is 3.37. The van der Waals surface area contributed by atoms with Crippen LogP contribution >= 0.6 is 0 Å². The second-order valence-electron chi connectivity index (χ2n) is 7.04. The lowest BCUT2D eigenvalue weighted by Crippen LogP contribution is -2.41. The second-order valence-corrected chi connectivity index (χ2v) is 7.04. The maximum atomic E-state index is 13.9. The van der Waals surface area contributed by atoms with Gasteiger partial charge in [-0.05, 0) is 43.4 Å². The first kappa shape index (κ1) is 18.9. The number of carbonyl (C=O) groups is 2. The molecule has 1 atom stereocenters. The van der Waals surface area contributed by atoms with Crippen molar-refractivity contribution in [3.05, 3.63) is 59.4 Å². The van der Waals surface area contributed by atoms with E-state index in [0.717, 1.165) is 18.5 Å². The SMILES string of the molecule is CN(C)C(=O)c1cc(C[C@@H]2CCCN(C(=O)c3ccccc3F)C2)ncn1. The molecule has 0 radical (unpaired) electrons. The van der Waals surface area contributed by atoms with Crippen molar-refractivity contribution in [3.8, 4) is 0 Å². The fourth-order valence-corrected chi connectivity index (χ4v) is 3.37. The summed E-state index contributed by atoms with van der Waals surface area (Å²) in [5.41, 5.74) is 1.25. The molecule has 0 unspecified atom stereocenters. The first-order chi connectivity index (χ1) is 13.0. The van der Waals surface area contributed by atoms with Crippen LogP contribution in [0.1, 0.15) is 39.4 Å². The highest BCUT2D eigenvalue weighted by atomic mass is 19.1. The van der Waals surface area contributed by atoms with Crippen molar-refractivity contribution < 1.29 is 14.0 Å². The molecule has 1 aliphatic heterocycles. The van der Waals surface area contributed by atoms with Gasteiger partial charge in [0.25, 0.3) is 11.8 Å². The maximum Gasteiger partial charge on any atom is 0.272 e. The van der Waals surface area contributed by atoms with Crippen LogP contribution < -0.4 is 0 Å². The van der Waals surface area contributed by atoms with Gasteiger partial charge in [-0.25, -0.2) is 14.4 Å². The van der Waals surface area contributed by atoms with Crippen LogP contribution in [-0.2, 0) is 6.42 Å². The summed E-state index contributed by atoms with van der Waals surface area (Å²) < 4.78 is 13.9. The molecular formula is C20H23FN4O2. The Bertz CT molecular complexity index is 840. The molecule has 1 saturated heterocycles. The van der Waals surface area contributed by atoms with Gasteiger partial charge in [0.2, 0.25) is 0 Å². The zero-order valence-corrected chi connectivity index (χ0v) is 15.6. The van der Waals surface area contributed by atoms with Crippen LogP contribution in [0.3, 0.4) is 0 Å². The summed E-state index contributed by atoms with van der Waals surface area (Å²) in [6.07, 6.45) is 3.87. The minimum absolute atomic E-state index is 0.110. The van der Waals surface area contributed by atoms with Gasteiger partial charge in [0.1, 0.15) is 17.8 Å². The predicted molar refractivity (Wildman–Crippen MR) is 98.8 cm³/mol. The summed E-state index contributed by atoms with van der Waals surface area (Å²) in [6, 6.07) is 7.78. The van der Waals surface area contributed by atoms with E-state index in [9.17, 15) is 14.0 Å². The minimum Gasteiger partial charge on any atom is -0.343 e. The number of hydrogen-bond donors (Lipinski definition) is 0. The molecule has 2 heterocycles. The normalized spacial score (nSPS) is 16.9. The van der Waals surface area contributed by atoms with Crippen molar-refractivity contribution in [2.45, 2.75) is 19.3 Å². The van der Waals surface area contributed by atoms with Gasteiger partial charge in [0.05, 0.1) is 5.56 Å². The lowest BCUT2D eigenvalue weighted by Gasteiger charge is -2.33. The quantitative estimate of drug-likeness (QED) is 0.829. The molecule has 0 aliphatic carbocycles. The Kier molecular flexibility index (Phi) is 5.78. The first-order valence-corrected chi connectivity index (χ1v) is 9.02. The van der Waals surface area contributed by atoms with Crippen LogP contribution in [-0.4, -0.2) is 58.8 Å². The van der Waals surface area contributed by atoms with Crippen LogP contribution in [0, 0.1) is 11.7 Å². The topological polar surface area (TPSA) is 66.4 Å². The Morgan fingerprint density at radius 2 is 2.04 bits per heavy atom. The van der Waals surface area contributed by atoms with Gasteiger partial charge in [-0.3, -0.25) is 9.59 Å². The molecule has 2 amide bonds. The van der Waals surface area contributed by atoms with E-state index in [1.165, 1.54) is 23.4 Å². The number of halogens is 1. The highest BCUT2D eigenvalue weighted by molar-refractivity contribution is 5.94. The van der Waals surface area contributed by atoms with Gasteiger partial charge in [0.15, 0.2) is 0 Å². The van der Waals surface area contributed by atoms with Crippen LogP contribution in [0.5, 0.6) is 0 Å². The van der Waals surface area contributed by atoms with Crippen LogP contribution in [0.15, 0.2) is 36.7 Å². The van der Waals surface area contributed by atoms with E-state index in [1.807, 2.05) is 0 Å². The van der Waals surface area contributed by atoms with Crippen molar-refractivity contribution >= 4 is 11.8 Å². The average molecular weight is 370 g/mol. The van der Waals surface area contributed by atoms with Crippen LogP contribution in [0.25, 0.3) is 0 Å². The van der Waals surface area contributed by atoms with Crippen LogP contribution in [0.2, 0.25) is 0 Å². The van der Waals surface area contributed by atoms with Crippen LogP contribution in [0.4, 0.5) is 4.39 Å². The van der Waals surface area contributed by atoms with E-state index in [2.05, 4.69) is 9.97 Å². The second kappa shape index (κ2) is 8.24. The number of benzene rings is 1. The largest absolute Gasteiger partial charge is 0.343 e. The molecule has 1 fully saturated rings. The number of aromatic nitrogens is 2. The lowest BCUT2D eigenvalue weighted by molar-refractivity contribution is 0.0668. The highest BCUT2D eigenvalue weighted by Gasteiger charge is 2.26. The van der Waals surface area contributed by atoms with E-state index in [4.69, 9.17) is 0 Å². The zero-order chi connectivity index (χ0) is 19.4. The predicted octanol–water partition coefficient (Wildman–Crippen LogP) is 2.41. The van der Waals surface area contributed by atoms with Gasteiger partial charge in [-0.2, -0.15) is 0 Å². The molecule has 0 spiro atoms. The average Bonchev–Trinajstić information content (AvgIpc) is 2.67. The summed E-state index contributed by atoms with van der Waals surface area (Å²) in [4.78, 5) is 36.2. The number of nitrogens with zero attached hydrogens (tertiary/aromatic N) is 4. The molecular weight excluding hydrogens is 347 g/mol. The van der Waals surface area contributed by atoms with Crippen molar-refractivity contribution in [2.75, 3.05) is 27.2 Å². The van der Waals surface area contributed by atoms with Gasteiger partial charge < -0.3 is 9.80 Å². The summed E-state index contributed by atoms with van der Waals surface area (Å²) in [7, 11) is 3.36. The summed E-state index contributed by atoms with van der Waals surface area (Å²) >= 11 is 0. The minimum atomic E-state index is -0.493. The van der Waals surface area contributed by atoms with Gasteiger partial charge in [0, 0.05) is 32.9 Å². The smallest absolute Gasteiger partial charge is 0.272 e. The number of amides is 2. The molecule has 0 N–H and O–H groups in total. The number of hydrogen-bond acceptors (Lipinski definition) is 4. The molecule has 7 heteroatoms. The first-order valence-electron chi connectivity index (χ1n) is 9.02. The molecule has 0 saturated carbocycles. The molecule has 2 aromatic rings. The molecule has 0 bridgehead atoms. The monoisotopic (exact) mass is 370 g/mol. The molecule has 1 aromatic carbocycles. The maximum absolute atomic E-state index is 13.9. The van der Waals surface area contributed by atoms with E-state index >= 15 is 0 Å². The van der Waals surface area contributed by atoms with E-state index in [0.29, 0.717) is 25.2 Å². The van der Waals surface area contributed by atoms with E-state index in [-0.39, 0.29) is 23.3 Å². The number of carbonyl (C=O) groups excluding carboxylic acids is 2. The molecule has 142 valence electrons. The van der Waals surface area contributed by atoms with Gasteiger partial charge in [-0.1, -0.05) is 12.1 Å². The van der Waals surface area contributed by atoms with E-state index in [1.54, 1.807) is 37.2 Å². The molecule has 1 aliphatic rings. The number of rotatable bonds is 4. The van der Waals surface area contributed by atoms with Crippen molar-refractivity contribution in [3.63, 3.8) is 0 Å². The molecule has 6 nitrogen and oxygen atoms in total. The molecule has 27 heavy (non-hydrogen) atoms. The Morgan fingerprint density at radius 3 is 2.78 bits per heavy atom. The summed E-state index contributed by atoms with van der Waals surface area (Å²) in [5, 5.41) is 0. The Morgan fingerprint density at radius 1 is 1.26 bits per heavy atom. The van der Waals surface area contributed by atoms with Crippen molar-refractivity contribution in [1.82, 2.24) is 19.8 Å². The summed E-state index contributed by atoms with van der Waals surface area (Å²) in [6.45, 7) is 1.17. The Hall–Kier alpha value is -2.83. The Balaban J connectivity index is 1.69. The fraction of sp³-hybridized carbons (Fsp3) is 0.400. The van der Waals surface area contributed by atoms with Gasteiger partial charge >= 0.3 is 0 Å². The molecule has 3 rings (SSSR count). The third-order valence-electron chi connectivity index (χ3n) is 4.76. The third-order valence-corrected chi connectivity index (χ3v) is 4.76. The van der Waals surface area contributed by atoms with Crippen molar-refractivity contribution in [2.24, 2.45) is 5.92 Å². The van der Waals surface area contributed by atoms with E-state index < -0.39 is 5.82 Å². The number of piperidine rings is 1. The molecule has 1 aromatic heterocycles. The van der Waals surface area contributed by atoms with Gasteiger partial charge in [-0.15, -0.1) is 0 Å². The summed E-state index contributed by atoms with van der Waals surface area (Å²) in [5.74, 6) is -0.721. The lowest BCUT2D eigenvalue weighted by atomic mass is 9.92. The van der Waals surface area contributed by atoms with Crippen molar-refractivity contribution in [1.29, 1.82) is 0 Å². The zero-order valence-electron chi connectivity index (χ0n) is 15.6. The third kappa shape index (κ3) is 4.48.